The zero-order valence-corrected chi connectivity index (χ0v) is 20.7. The van der Waals surface area contributed by atoms with Gasteiger partial charge in [0.2, 0.25) is 0 Å². The summed E-state index contributed by atoms with van der Waals surface area (Å²) < 4.78 is 1.64. The molecule has 36 heavy (non-hydrogen) atoms. The minimum absolute atomic E-state index is 0.368. The van der Waals surface area contributed by atoms with Crippen LogP contribution in [-0.4, -0.2) is 68.9 Å². The Kier molecular flexibility index (Phi) is 7.18. The van der Waals surface area contributed by atoms with Gasteiger partial charge in [0, 0.05) is 37.8 Å². The van der Waals surface area contributed by atoms with E-state index in [0.29, 0.717) is 30.0 Å². The summed E-state index contributed by atoms with van der Waals surface area (Å²) in [5, 5.41) is 20.9. The predicted molar refractivity (Wildman–Crippen MR) is 138 cm³/mol. The summed E-state index contributed by atoms with van der Waals surface area (Å²) in [6.45, 7) is 3.55. The van der Waals surface area contributed by atoms with Gasteiger partial charge in [0.25, 0.3) is 5.91 Å². The molecule has 0 bridgehead atoms. The number of carbonyl (C=O) groups excluding carboxylic acids is 1. The monoisotopic (exact) mass is 490 g/mol. The van der Waals surface area contributed by atoms with Crippen molar-refractivity contribution in [2.75, 3.05) is 31.5 Å². The number of aryl methyl sites for hydroxylation is 3. The van der Waals surface area contributed by atoms with Crippen LogP contribution in [0.5, 0.6) is 0 Å². The van der Waals surface area contributed by atoms with Crippen molar-refractivity contribution < 1.29 is 14.7 Å². The van der Waals surface area contributed by atoms with Crippen molar-refractivity contribution >= 4 is 28.6 Å². The van der Waals surface area contributed by atoms with Gasteiger partial charge in [0.05, 0.1) is 17.3 Å². The second-order valence-electron chi connectivity index (χ2n) is 10.00. The van der Waals surface area contributed by atoms with E-state index in [9.17, 15) is 14.7 Å². The molecule has 3 aromatic rings. The average molecular weight is 491 g/mol. The van der Waals surface area contributed by atoms with Crippen LogP contribution in [0.1, 0.15) is 47.3 Å². The Bertz CT molecular complexity index is 1260. The maximum atomic E-state index is 12.9. The molecule has 0 aliphatic carbocycles. The third-order valence-corrected chi connectivity index (χ3v) is 7.47. The molecule has 2 aromatic heterocycles. The third kappa shape index (κ3) is 5.36. The van der Waals surface area contributed by atoms with Crippen LogP contribution in [-0.2, 0) is 24.7 Å². The van der Waals surface area contributed by atoms with Crippen LogP contribution in [0, 0.1) is 5.92 Å². The van der Waals surface area contributed by atoms with Crippen molar-refractivity contribution in [2.24, 2.45) is 13.0 Å². The number of hydrogen-bond acceptors (Lipinski definition) is 6. The van der Waals surface area contributed by atoms with Gasteiger partial charge in [-0.3, -0.25) is 9.48 Å². The number of aromatic nitrogens is 3. The van der Waals surface area contributed by atoms with Gasteiger partial charge in [0.1, 0.15) is 11.9 Å². The Morgan fingerprint density at radius 1 is 1.28 bits per heavy atom. The first kappa shape index (κ1) is 24.2. The molecule has 5 rings (SSSR count). The van der Waals surface area contributed by atoms with Crippen molar-refractivity contribution in [3.05, 3.63) is 53.3 Å². The van der Waals surface area contributed by atoms with E-state index in [4.69, 9.17) is 4.98 Å². The molecule has 9 heteroatoms. The molecule has 0 unspecified atom stereocenters. The van der Waals surface area contributed by atoms with Crippen molar-refractivity contribution in [2.45, 2.75) is 44.6 Å². The number of para-hydroxylation sites is 1. The van der Waals surface area contributed by atoms with Crippen LogP contribution in [0.3, 0.4) is 0 Å². The van der Waals surface area contributed by atoms with E-state index in [2.05, 4.69) is 32.8 Å². The number of likely N-dealkylation sites (tertiary alicyclic amines) is 1. The van der Waals surface area contributed by atoms with Crippen LogP contribution < -0.4 is 10.6 Å². The van der Waals surface area contributed by atoms with E-state index >= 15 is 0 Å². The Morgan fingerprint density at radius 2 is 2.17 bits per heavy atom. The number of benzene rings is 1. The highest BCUT2D eigenvalue weighted by molar-refractivity contribution is 6.06. The lowest BCUT2D eigenvalue weighted by Gasteiger charge is -2.20. The zero-order valence-electron chi connectivity index (χ0n) is 20.7. The number of pyridine rings is 1. The summed E-state index contributed by atoms with van der Waals surface area (Å²) in [4.78, 5) is 32.0. The van der Waals surface area contributed by atoms with Gasteiger partial charge >= 0.3 is 5.97 Å². The zero-order chi connectivity index (χ0) is 25.1. The number of amides is 1. The number of aliphatic carboxylic acids is 1. The predicted octanol–water partition coefficient (Wildman–Crippen LogP) is 2.85. The third-order valence-electron chi connectivity index (χ3n) is 7.47. The van der Waals surface area contributed by atoms with E-state index in [1.54, 1.807) is 30.1 Å². The molecule has 3 N–H and O–H groups in total. The SMILES string of the molecule is Cn1ncc2cccc(C(=O)N[C@H](CCN3CC[C@@H](CCc4ccc5c(n4)NCCC5)C3)C(=O)O)c21. The van der Waals surface area contributed by atoms with E-state index in [0.717, 1.165) is 62.2 Å². The van der Waals surface area contributed by atoms with Crippen molar-refractivity contribution in [1.82, 2.24) is 25.0 Å². The fourth-order valence-corrected chi connectivity index (χ4v) is 5.43. The minimum Gasteiger partial charge on any atom is -0.480 e. The van der Waals surface area contributed by atoms with Crippen LogP contribution in [0.15, 0.2) is 36.5 Å². The molecule has 0 spiro atoms. The van der Waals surface area contributed by atoms with E-state index in [1.807, 2.05) is 6.07 Å². The molecule has 1 amide bonds. The standard InChI is InChI=1S/C27H34N6O3/c1-32-24-20(16-29-32)4-2-6-22(24)26(34)31-23(27(35)36)12-15-33-14-11-18(17-33)7-9-21-10-8-19-5-3-13-28-25(19)30-21/h2,4,6,8,10,16,18,23H,3,5,7,9,11-15,17H2,1H3,(H,28,30)(H,31,34)(H,35,36)/t18-,23-/m1/s1. The maximum absolute atomic E-state index is 12.9. The summed E-state index contributed by atoms with van der Waals surface area (Å²) in [7, 11) is 1.77. The normalized spacial score (nSPS) is 18.5. The first-order valence-electron chi connectivity index (χ1n) is 12.9. The van der Waals surface area contributed by atoms with Crippen molar-refractivity contribution in [3.63, 3.8) is 0 Å². The highest BCUT2D eigenvalue weighted by Crippen LogP contribution is 2.24. The van der Waals surface area contributed by atoms with Gasteiger partial charge < -0.3 is 20.6 Å². The maximum Gasteiger partial charge on any atom is 0.326 e. The number of nitrogens with zero attached hydrogens (tertiary/aromatic N) is 4. The first-order valence-corrected chi connectivity index (χ1v) is 12.9. The molecule has 9 nitrogen and oxygen atoms in total. The molecular formula is C27H34N6O3. The molecular weight excluding hydrogens is 456 g/mol. The number of nitrogens with one attached hydrogen (secondary N) is 2. The molecule has 2 aliphatic rings. The average Bonchev–Trinajstić information content (AvgIpc) is 3.51. The minimum atomic E-state index is -1.01. The van der Waals surface area contributed by atoms with E-state index in [1.165, 1.54) is 12.0 Å². The summed E-state index contributed by atoms with van der Waals surface area (Å²) in [6.07, 6.45) is 7.48. The van der Waals surface area contributed by atoms with Gasteiger partial charge in [-0.25, -0.2) is 9.78 Å². The molecule has 0 radical (unpaired) electrons. The van der Waals surface area contributed by atoms with Crippen molar-refractivity contribution in [1.29, 1.82) is 0 Å². The summed E-state index contributed by atoms with van der Waals surface area (Å²) >= 11 is 0. The molecule has 1 saturated heterocycles. The summed E-state index contributed by atoms with van der Waals surface area (Å²) in [5.41, 5.74) is 3.59. The Hall–Kier alpha value is -3.46. The van der Waals surface area contributed by atoms with Crippen molar-refractivity contribution in [3.8, 4) is 0 Å². The van der Waals surface area contributed by atoms with Gasteiger partial charge in [-0.2, -0.15) is 5.10 Å². The molecule has 1 fully saturated rings. The molecule has 2 atom stereocenters. The summed E-state index contributed by atoms with van der Waals surface area (Å²) in [6, 6.07) is 8.81. The quantitative estimate of drug-likeness (QED) is 0.423. The number of hydrogen-bond donors (Lipinski definition) is 3. The second kappa shape index (κ2) is 10.7. The Balaban J connectivity index is 1.11. The number of rotatable bonds is 9. The van der Waals surface area contributed by atoms with Gasteiger partial charge in [-0.1, -0.05) is 18.2 Å². The number of carboxylic acids is 1. The van der Waals surface area contributed by atoms with E-state index < -0.39 is 12.0 Å². The lowest BCUT2D eigenvalue weighted by Crippen LogP contribution is -2.43. The molecule has 2 aliphatic heterocycles. The molecule has 190 valence electrons. The number of carbonyl (C=O) groups is 2. The number of carboxylic acid groups (broad SMARTS) is 1. The van der Waals surface area contributed by atoms with Crippen LogP contribution in [0.25, 0.3) is 10.9 Å². The fraction of sp³-hybridized carbons (Fsp3) is 0.481. The number of anilines is 1. The molecule has 0 saturated carbocycles. The van der Waals surface area contributed by atoms with E-state index in [-0.39, 0.29) is 5.91 Å². The lowest BCUT2D eigenvalue weighted by atomic mass is 10.00. The Morgan fingerprint density at radius 3 is 3.03 bits per heavy atom. The van der Waals surface area contributed by atoms with Gasteiger partial charge in [0.15, 0.2) is 0 Å². The largest absolute Gasteiger partial charge is 0.480 e. The Labute approximate surface area is 210 Å². The smallest absolute Gasteiger partial charge is 0.326 e. The topological polar surface area (TPSA) is 112 Å². The second-order valence-corrected chi connectivity index (χ2v) is 10.00. The number of fused-ring (bicyclic) bond motifs is 2. The van der Waals surface area contributed by atoms with Crippen LogP contribution in [0.4, 0.5) is 5.82 Å². The summed E-state index contributed by atoms with van der Waals surface area (Å²) in [5.74, 6) is 0.232. The fourth-order valence-electron chi connectivity index (χ4n) is 5.43. The van der Waals surface area contributed by atoms with Gasteiger partial charge in [-0.15, -0.1) is 0 Å². The lowest BCUT2D eigenvalue weighted by molar-refractivity contribution is -0.139. The first-order chi connectivity index (χ1) is 17.5. The van der Waals surface area contributed by atoms with Gasteiger partial charge in [-0.05, 0) is 68.7 Å². The highest BCUT2D eigenvalue weighted by atomic mass is 16.4. The van der Waals surface area contributed by atoms with Crippen LogP contribution >= 0.6 is 0 Å². The highest BCUT2D eigenvalue weighted by Gasteiger charge is 2.27. The van der Waals surface area contributed by atoms with Crippen LogP contribution in [0.2, 0.25) is 0 Å². The molecule has 1 aromatic carbocycles. The molecule has 4 heterocycles.